The molecule has 8 fully saturated rings. The molecule has 4 saturated heterocycles. The van der Waals surface area contributed by atoms with Crippen molar-refractivity contribution in [2.24, 2.45) is 50.2 Å². The number of aliphatic hydroxyl groups is 10. The first-order valence-corrected chi connectivity index (χ1v) is 23.9. The van der Waals surface area contributed by atoms with E-state index in [9.17, 15) is 55.9 Å². The molecular weight excluding hydrogens is 852 g/mol. The third-order valence-electron chi connectivity index (χ3n) is 19.4. The SMILES string of the molecule is CC1(C)C[C@H]2C3=CC[C@@H]4[C@@]5(C)CC[C@H](O[C@@H]6O[C@H](CO[C@@H]7OC[C@@H](O)[C@H](O)[C@H]7O[C@@H]7O[C@H](CO)[C@@H](O)[C@H](O)[C@H]7O)[C@@H](O)[C@H](O)[C@H]6O)C(C)(C)[C@@H]5CC[C@@]4(C)[C@]3(C)C[C@@H](O)[C@@]23C[C@@H]1OC3=O. The fourth-order valence-corrected chi connectivity index (χ4v) is 15.2. The smallest absolute Gasteiger partial charge is 0.315 e. The lowest BCUT2D eigenvalue weighted by atomic mass is 9.33. The zero-order chi connectivity index (χ0) is 47.1. The van der Waals surface area contributed by atoms with Crippen LogP contribution in [-0.2, 0) is 38.0 Å². The van der Waals surface area contributed by atoms with Gasteiger partial charge in [-0.25, -0.2) is 0 Å². The van der Waals surface area contributed by atoms with Crippen LogP contribution in [0.25, 0.3) is 0 Å². The summed E-state index contributed by atoms with van der Waals surface area (Å²) in [7, 11) is 0. The molecule has 0 aromatic rings. The summed E-state index contributed by atoms with van der Waals surface area (Å²) in [6.07, 6.45) is -15.1. The van der Waals surface area contributed by atoms with Crippen molar-refractivity contribution in [3.63, 3.8) is 0 Å². The van der Waals surface area contributed by atoms with Gasteiger partial charge >= 0.3 is 5.97 Å². The second kappa shape index (κ2) is 16.6. The van der Waals surface area contributed by atoms with Gasteiger partial charge in [-0.1, -0.05) is 60.1 Å². The zero-order valence-corrected chi connectivity index (χ0v) is 38.6. The summed E-state index contributed by atoms with van der Waals surface area (Å²) in [5.41, 5.74) is -0.827. The summed E-state index contributed by atoms with van der Waals surface area (Å²) in [4.78, 5) is 13.7. The molecule has 4 aliphatic heterocycles. The largest absolute Gasteiger partial charge is 0.461 e. The van der Waals surface area contributed by atoms with Gasteiger partial charge < -0.3 is 84.2 Å². The third kappa shape index (κ3) is 7.12. The van der Waals surface area contributed by atoms with Crippen LogP contribution in [0.2, 0.25) is 0 Å². The van der Waals surface area contributed by atoms with E-state index in [0.29, 0.717) is 19.3 Å². The lowest BCUT2D eigenvalue weighted by Crippen LogP contribution is -2.67. The highest BCUT2D eigenvalue weighted by molar-refractivity contribution is 5.82. The van der Waals surface area contributed by atoms with Gasteiger partial charge in [0.15, 0.2) is 18.9 Å². The quantitative estimate of drug-likeness (QED) is 0.0855. The molecule has 0 aromatic carbocycles. The molecule has 2 bridgehead atoms. The lowest BCUT2D eigenvalue weighted by Gasteiger charge is -2.71. The van der Waals surface area contributed by atoms with Crippen molar-refractivity contribution in [2.45, 2.75) is 204 Å². The van der Waals surface area contributed by atoms with E-state index >= 15 is 0 Å². The fourth-order valence-electron chi connectivity index (χ4n) is 15.2. The molecule has 18 heteroatoms. The van der Waals surface area contributed by atoms with Crippen molar-refractivity contribution >= 4 is 5.97 Å². The lowest BCUT2D eigenvalue weighted by molar-refractivity contribution is -0.365. The molecule has 4 saturated carbocycles. The monoisotopic (exact) mass is 926 g/mol. The van der Waals surface area contributed by atoms with Crippen molar-refractivity contribution in [2.75, 3.05) is 19.8 Å². The maximum absolute atomic E-state index is 13.7. The Morgan fingerprint density at radius 1 is 0.708 bits per heavy atom. The van der Waals surface area contributed by atoms with E-state index in [-0.39, 0.29) is 51.5 Å². The van der Waals surface area contributed by atoms with Crippen LogP contribution in [-0.4, -0.2) is 181 Å². The van der Waals surface area contributed by atoms with Crippen molar-refractivity contribution in [3.05, 3.63) is 11.6 Å². The summed E-state index contributed by atoms with van der Waals surface area (Å²) in [5, 5.41) is 108. The number of allylic oxidation sites excluding steroid dienone is 2. The predicted molar refractivity (Wildman–Crippen MR) is 224 cm³/mol. The van der Waals surface area contributed by atoms with Crippen LogP contribution in [0.1, 0.15) is 99.8 Å². The maximum atomic E-state index is 13.7. The number of ether oxygens (including phenoxy) is 7. The number of hydrogen-bond donors (Lipinski definition) is 10. The Hall–Kier alpha value is -1.43. The Labute approximate surface area is 380 Å². The van der Waals surface area contributed by atoms with Crippen molar-refractivity contribution in [1.29, 1.82) is 0 Å². The van der Waals surface area contributed by atoms with Crippen LogP contribution < -0.4 is 0 Å². The van der Waals surface area contributed by atoms with Crippen LogP contribution in [0.5, 0.6) is 0 Å². The van der Waals surface area contributed by atoms with E-state index in [1.54, 1.807) is 0 Å². The maximum Gasteiger partial charge on any atom is 0.315 e. The summed E-state index contributed by atoms with van der Waals surface area (Å²) in [5.74, 6) is 0.142. The molecule has 65 heavy (non-hydrogen) atoms. The van der Waals surface area contributed by atoms with Gasteiger partial charge in [-0.3, -0.25) is 4.79 Å². The first-order chi connectivity index (χ1) is 30.4. The van der Waals surface area contributed by atoms with Crippen molar-refractivity contribution < 1.29 is 89.0 Å². The number of esters is 1. The third-order valence-corrected chi connectivity index (χ3v) is 19.4. The van der Waals surface area contributed by atoms with Gasteiger partial charge in [0.25, 0.3) is 0 Å². The summed E-state index contributed by atoms with van der Waals surface area (Å²) in [6.45, 7) is 14.3. The minimum atomic E-state index is -1.82. The Morgan fingerprint density at radius 3 is 2.03 bits per heavy atom. The van der Waals surface area contributed by atoms with E-state index < -0.39 is 129 Å². The Morgan fingerprint density at radius 2 is 1.35 bits per heavy atom. The molecule has 9 rings (SSSR count). The summed E-state index contributed by atoms with van der Waals surface area (Å²) in [6, 6.07) is 0. The first kappa shape index (κ1) is 48.6. The summed E-state index contributed by atoms with van der Waals surface area (Å²) >= 11 is 0. The molecule has 0 amide bonds. The van der Waals surface area contributed by atoms with Crippen LogP contribution in [0.4, 0.5) is 0 Å². The second-order valence-electron chi connectivity index (χ2n) is 23.3. The molecule has 370 valence electrons. The van der Waals surface area contributed by atoms with Crippen molar-refractivity contribution in [3.8, 4) is 0 Å². The molecule has 4 heterocycles. The minimum Gasteiger partial charge on any atom is -0.461 e. The Balaban J connectivity index is 0.893. The van der Waals surface area contributed by atoms with E-state index in [2.05, 4.69) is 54.5 Å². The summed E-state index contributed by atoms with van der Waals surface area (Å²) < 4.78 is 41.6. The highest BCUT2D eigenvalue weighted by atomic mass is 16.8. The highest BCUT2D eigenvalue weighted by Crippen LogP contribution is 2.76. The number of carbonyl (C=O) groups excluding carboxylic acids is 1. The molecule has 24 atom stereocenters. The number of carbonyl (C=O) groups is 1. The van der Waals surface area contributed by atoms with Crippen LogP contribution in [0.3, 0.4) is 0 Å². The predicted octanol–water partition coefficient (Wildman–Crippen LogP) is -0.233. The average Bonchev–Trinajstić information content (AvgIpc) is 3.57. The molecule has 9 aliphatic rings. The van der Waals surface area contributed by atoms with Gasteiger partial charge in [0.2, 0.25) is 0 Å². The number of fused-ring (bicyclic) bond motifs is 7. The van der Waals surface area contributed by atoms with Crippen LogP contribution in [0, 0.1) is 50.2 Å². The zero-order valence-electron chi connectivity index (χ0n) is 38.6. The van der Waals surface area contributed by atoms with E-state index in [4.69, 9.17) is 33.2 Å². The number of aliphatic hydroxyl groups excluding tert-OH is 10. The van der Waals surface area contributed by atoms with Gasteiger partial charge in [0.05, 0.1) is 32.0 Å². The minimum absolute atomic E-state index is 0.0765. The van der Waals surface area contributed by atoms with Gasteiger partial charge in [-0.2, -0.15) is 0 Å². The normalized spacial score (nSPS) is 55.8. The van der Waals surface area contributed by atoms with Crippen molar-refractivity contribution in [1.82, 2.24) is 0 Å². The molecule has 0 aromatic heterocycles. The molecule has 1 spiro atoms. The molecule has 18 nitrogen and oxygen atoms in total. The van der Waals surface area contributed by atoms with E-state index in [1.165, 1.54) is 5.57 Å². The number of hydrogen-bond acceptors (Lipinski definition) is 18. The van der Waals surface area contributed by atoms with E-state index in [0.717, 1.165) is 32.1 Å². The van der Waals surface area contributed by atoms with E-state index in [1.807, 2.05) is 0 Å². The number of rotatable bonds is 8. The molecule has 10 N–H and O–H groups in total. The first-order valence-electron chi connectivity index (χ1n) is 23.9. The Bertz CT molecular complexity index is 1830. The average molecular weight is 927 g/mol. The van der Waals surface area contributed by atoms with Gasteiger partial charge in [0, 0.05) is 11.8 Å². The highest BCUT2D eigenvalue weighted by Gasteiger charge is 2.74. The van der Waals surface area contributed by atoms with Gasteiger partial charge in [-0.05, 0) is 84.4 Å². The standard InChI is InChI=1S/C47H74O18/c1-42(2)14-21-20-8-9-26-44(5)12-11-28(43(3,4)25(44)10-13-45(26,6)46(20,7)15-27(50)47(21)16-29(42)64-41(47)58)63-38-35(56)34(55)32(53)24(62-38)19-60-40-37(30(51)22(49)18-59-40)65-39-36(57)33(54)31(52)23(17-48)61-39/h8,21-40,48-57H,9-19H2,1-7H3/t21-,22+,23+,24+,25-,26+,27+,28-,29-,30-,31+,32+,33-,34-,35+,36+,37+,38-,39-,40-,44-,45+,46+,47+/m0/s1. The molecule has 0 unspecified atom stereocenters. The Kier molecular flexibility index (Phi) is 12.4. The topological polar surface area (TPSA) is 284 Å². The fraction of sp³-hybridized carbons (Fsp3) is 0.936. The van der Waals surface area contributed by atoms with Crippen LogP contribution >= 0.6 is 0 Å². The molecule has 5 aliphatic carbocycles. The molecular formula is C47H74O18. The second-order valence-corrected chi connectivity index (χ2v) is 23.3. The van der Waals surface area contributed by atoms with Crippen LogP contribution in [0.15, 0.2) is 11.6 Å². The van der Waals surface area contributed by atoms with Gasteiger partial charge in [-0.15, -0.1) is 0 Å². The van der Waals surface area contributed by atoms with Gasteiger partial charge in [0.1, 0.15) is 78.7 Å². The molecule has 0 radical (unpaired) electrons.